The fraction of sp³-hybridized carbons (Fsp3) is 0.348. The third kappa shape index (κ3) is 4.20. The van der Waals surface area contributed by atoms with E-state index in [-0.39, 0.29) is 18.4 Å². The van der Waals surface area contributed by atoms with Gasteiger partial charge in [0.2, 0.25) is 0 Å². The first-order valence-corrected chi connectivity index (χ1v) is 10.8. The minimum absolute atomic E-state index is 0.127. The first-order valence-electron chi connectivity index (χ1n) is 10.8. The van der Waals surface area contributed by atoms with Gasteiger partial charge in [-0.3, -0.25) is 4.68 Å². The molecule has 176 valence electrons. The van der Waals surface area contributed by atoms with E-state index in [0.29, 0.717) is 41.2 Å². The Morgan fingerprint density at radius 1 is 1.21 bits per heavy atom. The van der Waals surface area contributed by atoms with Crippen molar-refractivity contribution < 1.29 is 22.8 Å². The van der Waals surface area contributed by atoms with Gasteiger partial charge in [0.15, 0.2) is 5.82 Å². The van der Waals surface area contributed by atoms with Gasteiger partial charge >= 0.3 is 6.09 Å². The van der Waals surface area contributed by atoms with Crippen LogP contribution in [0.15, 0.2) is 41.1 Å². The number of amides is 1. The van der Waals surface area contributed by atoms with Crippen LogP contribution in [0.4, 0.5) is 13.6 Å². The highest BCUT2D eigenvalue weighted by molar-refractivity contribution is 5.84. The maximum atomic E-state index is 14.8. The van der Waals surface area contributed by atoms with E-state index in [9.17, 15) is 13.6 Å². The summed E-state index contributed by atoms with van der Waals surface area (Å²) >= 11 is 0. The average molecular weight is 468 g/mol. The van der Waals surface area contributed by atoms with Gasteiger partial charge in [-0.15, -0.1) is 0 Å². The molecule has 11 heteroatoms. The number of nitrogens with zero attached hydrogens (tertiary/aromatic N) is 6. The van der Waals surface area contributed by atoms with Crippen LogP contribution in [0, 0.1) is 11.6 Å². The Bertz CT molecular complexity index is 1350. The predicted octanol–water partition coefficient (Wildman–Crippen LogP) is 4.14. The van der Waals surface area contributed by atoms with E-state index in [0.717, 1.165) is 6.20 Å². The molecule has 9 nitrogen and oxygen atoms in total. The van der Waals surface area contributed by atoms with Crippen LogP contribution in [0.1, 0.15) is 38.2 Å². The minimum Gasteiger partial charge on any atom is -0.444 e. The number of rotatable bonds is 4. The van der Waals surface area contributed by atoms with Crippen molar-refractivity contribution in [3.63, 3.8) is 0 Å². The van der Waals surface area contributed by atoms with Crippen molar-refractivity contribution in [2.24, 2.45) is 0 Å². The summed E-state index contributed by atoms with van der Waals surface area (Å²) in [6, 6.07) is 7.45. The summed E-state index contributed by atoms with van der Waals surface area (Å²) in [5.41, 5.74) is 0.901. The molecule has 0 unspecified atom stereocenters. The number of pyridine rings is 1. The van der Waals surface area contributed by atoms with E-state index in [1.807, 2.05) is 20.8 Å². The fourth-order valence-corrected chi connectivity index (χ4v) is 3.81. The van der Waals surface area contributed by atoms with Crippen LogP contribution in [-0.4, -0.2) is 54.6 Å². The van der Waals surface area contributed by atoms with Crippen LogP contribution in [0.2, 0.25) is 0 Å². The van der Waals surface area contributed by atoms with Gasteiger partial charge in [-0.05, 0) is 45.0 Å². The Kier molecular flexibility index (Phi) is 5.26. The Hall–Kier alpha value is -3.89. The summed E-state index contributed by atoms with van der Waals surface area (Å²) in [5.74, 6) is -0.534. The van der Waals surface area contributed by atoms with Crippen LogP contribution < -0.4 is 0 Å². The smallest absolute Gasteiger partial charge is 0.410 e. The summed E-state index contributed by atoms with van der Waals surface area (Å²) in [6.07, 6.45) is 0.663. The number of aromatic nitrogens is 5. The van der Waals surface area contributed by atoms with Crippen LogP contribution in [0.3, 0.4) is 0 Å². The predicted molar refractivity (Wildman–Crippen MR) is 117 cm³/mol. The molecule has 1 aromatic carbocycles. The number of likely N-dealkylation sites (tertiary alicyclic amines) is 1. The van der Waals surface area contributed by atoms with Gasteiger partial charge in [0.25, 0.3) is 5.89 Å². The van der Waals surface area contributed by atoms with Gasteiger partial charge in [0.1, 0.15) is 29.5 Å². The van der Waals surface area contributed by atoms with Gasteiger partial charge in [0.05, 0.1) is 22.8 Å². The van der Waals surface area contributed by atoms with Crippen molar-refractivity contribution >= 4 is 17.0 Å². The zero-order valence-corrected chi connectivity index (χ0v) is 18.8. The number of fused-ring (bicyclic) bond motifs is 1. The maximum Gasteiger partial charge on any atom is 0.410 e. The van der Waals surface area contributed by atoms with Gasteiger partial charge in [-0.25, -0.2) is 18.6 Å². The number of carbonyl (C=O) groups excluding carboxylic acids is 1. The molecule has 0 aliphatic carbocycles. The number of ether oxygens (including phenoxy) is 1. The van der Waals surface area contributed by atoms with Crippen LogP contribution in [-0.2, 0) is 11.3 Å². The molecule has 5 rings (SSSR count). The average Bonchev–Trinajstić information content (AvgIpc) is 3.33. The third-order valence-electron chi connectivity index (χ3n) is 5.38. The number of benzene rings is 1. The molecule has 3 aromatic heterocycles. The molecule has 0 saturated carbocycles. The number of hydrogen-bond donors (Lipinski definition) is 0. The number of hydrogen-bond acceptors (Lipinski definition) is 7. The van der Waals surface area contributed by atoms with Crippen molar-refractivity contribution in [2.75, 3.05) is 13.1 Å². The normalized spacial score (nSPS) is 14.4. The lowest BCUT2D eigenvalue weighted by Gasteiger charge is -2.39. The first kappa shape index (κ1) is 21.9. The highest BCUT2D eigenvalue weighted by Crippen LogP contribution is 2.34. The van der Waals surface area contributed by atoms with E-state index in [1.54, 1.807) is 21.7 Å². The van der Waals surface area contributed by atoms with E-state index in [2.05, 4.69) is 20.2 Å². The van der Waals surface area contributed by atoms with Crippen molar-refractivity contribution in [3.8, 4) is 11.6 Å². The Morgan fingerprint density at radius 2 is 2.00 bits per heavy atom. The van der Waals surface area contributed by atoms with E-state index < -0.39 is 23.3 Å². The maximum absolute atomic E-state index is 14.8. The fourth-order valence-electron chi connectivity index (χ4n) is 3.81. The SMILES string of the molecule is CC(C)(C)OC(=O)N1CC(c2nn(Cc3noc(-c4ccc(F)cn4)n3)c3cccc(F)c23)C1. The quantitative estimate of drug-likeness (QED) is 0.444. The molecule has 1 saturated heterocycles. The third-order valence-corrected chi connectivity index (χ3v) is 5.38. The van der Waals surface area contributed by atoms with Gasteiger partial charge in [-0.1, -0.05) is 11.2 Å². The molecule has 34 heavy (non-hydrogen) atoms. The first-order chi connectivity index (χ1) is 16.2. The Balaban J connectivity index is 1.38. The molecule has 0 bridgehead atoms. The molecule has 0 N–H and O–H groups in total. The largest absolute Gasteiger partial charge is 0.444 e. The van der Waals surface area contributed by atoms with Gasteiger partial charge < -0.3 is 14.2 Å². The second-order valence-electron chi connectivity index (χ2n) is 9.14. The highest BCUT2D eigenvalue weighted by Gasteiger charge is 2.37. The second-order valence-corrected chi connectivity index (χ2v) is 9.14. The molecule has 0 atom stereocenters. The lowest BCUT2D eigenvalue weighted by molar-refractivity contribution is 0.00792. The zero-order chi connectivity index (χ0) is 24.0. The molecule has 0 radical (unpaired) electrons. The highest BCUT2D eigenvalue weighted by atomic mass is 19.1. The molecular weight excluding hydrogens is 446 g/mol. The molecule has 4 aromatic rings. The zero-order valence-electron chi connectivity index (χ0n) is 18.8. The molecule has 1 amide bonds. The Morgan fingerprint density at radius 3 is 2.71 bits per heavy atom. The molecule has 1 aliphatic rings. The molecule has 1 fully saturated rings. The van der Waals surface area contributed by atoms with Crippen molar-refractivity contribution in [1.29, 1.82) is 0 Å². The molecule has 4 heterocycles. The lowest BCUT2D eigenvalue weighted by atomic mass is 9.94. The van der Waals surface area contributed by atoms with Crippen LogP contribution >= 0.6 is 0 Å². The van der Waals surface area contributed by atoms with Crippen LogP contribution in [0.5, 0.6) is 0 Å². The number of halogens is 2. The summed E-state index contributed by atoms with van der Waals surface area (Å²) in [4.78, 5) is 22.1. The summed E-state index contributed by atoms with van der Waals surface area (Å²) < 4.78 is 40.2. The summed E-state index contributed by atoms with van der Waals surface area (Å²) in [5, 5.41) is 9.00. The van der Waals surface area contributed by atoms with E-state index in [4.69, 9.17) is 9.26 Å². The Labute approximate surface area is 193 Å². The van der Waals surface area contributed by atoms with Crippen molar-refractivity contribution in [2.45, 2.75) is 38.8 Å². The lowest BCUT2D eigenvalue weighted by Crippen LogP contribution is -2.50. The number of carbonyl (C=O) groups is 1. The summed E-state index contributed by atoms with van der Waals surface area (Å²) in [6.45, 7) is 6.33. The molecule has 0 spiro atoms. The second kappa shape index (κ2) is 8.15. The molecular formula is C23H22F2N6O3. The topological polar surface area (TPSA) is 99.2 Å². The van der Waals surface area contributed by atoms with Crippen LogP contribution in [0.25, 0.3) is 22.5 Å². The van der Waals surface area contributed by atoms with E-state index in [1.165, 1.54) is 18.2 Å². The minimum atomic E-state index is -0.588. The standard InChI is InChI=1S/C23H22F2N6O3/c1-23(2,3)33-22(32)30-10-13(11-30)20-19-15(25)5-4-6-17(19)31(28-20)12-18-27-21(34-29-18)16-8-7-14(24)9-26-16/h4-9,13H,10-12H2,1-3H3. The van der Waals surface area contributed by atoms with Gasteiger partial charge in [0, 0.05) is 19.0 Å². The molecule has 1 aliphatic heterocycles. The van der Waals surface area contributed by atoms with E-state index >= 15 is 0 Å². The van der Waals surface area contributed by atoms with Crippen molar-refractivity contribution in [3.05, 3.63) is 59.7 Å². The van der Waals surface area contributed by atoms with Gasteiger partial charge in [-0.2, -0.15) is 10.1 Å². The van der Waals surface area contributed by atoms with Crippen molar-refractivity contribution in [1.82, 2.24) is 29.8 Å². The summed E-state index contributed by atoms with van der Waals surface area (Å²) in [7, 11) is 0. The monoisotopic (exact) mass is 468 g/mol.